The number of para-hydroxylation sites is 1. The molecule has 5 aliphatic rings. The number of nitrogens with zero attached hydrogens (tertiary/aromatic N) is 2. The van der Waals surface area contributed by atoms with Gasteiger partial charge in [-0.2, -0.15) is 0 Å². The van der Waals surface area contributed by atoms with E-state index in [0.29, 0.717) is 38.6 Å². The van der Waals surface area contributed by atoms with Crippen molar-refractivity contribution >= 4 is 17.4 Å². The molecule has 1 aliphatic carbocycles. The van der Waals surface area contributed by atoms with Crippen molar-refractivity contribution in [2.45, 2.75) is 74.8 Å². The minimum atomic E-state index is -1.01. The van der Waals surface area contributed by atoms with Crippen LogP contribution in [0, 0.1) is 11.8 Å². The highest BCUT2D eigenvalue weighted by Gasteiger charge is 2.77. The monoisotopic (exact) mass is 573 g/mol. The fourth-order valence-corrected chi connectivity index (χ4v) is 8.50. The molecule has 4 heterocycles. The quantitative estimate of drug-likeness (QED) is 0.477. The van der Waals surface area contributed by atoms with Gasteiger partial charge in [-0.1, -0.05) is 62.4 Å². The molecule has 42 heavy (non-hydrogen) atoms. The topological polar surface area (TPSA) is 81.6 Å². The molecule has 0 radical (unpaired) electrons. The lowest BCUT2D eigenvalue weighted by Gasteiger charge is -2.48. The molecule has 0 aromatic heterocycles. The summed E-state index contributed by atoms with van der Waals surface area (Å²) in [5.41, 5.74) is 2.30. The van der Waals surface area contributed by atoms with Gasteiger partial charge in [0.25, 0.3) is 0 Å². The molecule has 8 heteroatoms. The molecule has 0 amide bonds. The van der Waals surface area contributed by atoms with Gasteiger partial charge in [0.2, 0.25) is 0 Å². The molecule has 0 unspecified atom stereocenters. The number of nitrogens with one attached hydrogen (secondary N) is 1. The van der Waals surface area contributed by atoms with Crippen molar-refractivity contribution in [3.63, 3.8) is 0 Å². The van der Waals surface area contributed by atoms with Crippen molar-refractivity contribution < 1.29 is 23.7 Å². The molecule has 2 saturated heterocycles. The summed E-state index contributed by atoms with van der Waals surface area (Å²) < 4.78 is 24.4. The van der Waals surface area contributed by atoms with Crippen molar-refractivity contribution in [3.05, 3.63) is 59.7 Å². The van der Waals surface area contributed by atoms with Crippen LogP contribution >= 0.6 is 0 Å². The summed E-state index contributed by atoms with van der Waals surface area (Å²) in [6, 6.07) is 16.5. The van der Waals surface area contributed by atoms with E-state index in [1.165, 1.54) is 39.2 Å². The molecule has 5 atom stereocenters. The van der Waals surface area contributed by atoms with E-state index < -0.39 is 17.4 Å². The van der Waals surface area contributed by atoms with E-state index in [9.17, 15) is 4.79 Å². The third kappa shape index (κ3) is 4.37. The second kappa shape index (κ2) is 11.3. The molecule has 224 valence electrons. The van der Waals surface area contributed by atoms with E-state index in [2.05, 4.69) is 46.6 Å². The van der Waals surface area contributed by atoms with Gasteiger partial charge < -0.3 is 24.3 Å². The maximum Gasteiger partial charge on any atom is 0.314 e. The molecule has 2 bridgehead atoms. The molecule has 1 spiro atoms. The molecule has 2 aromatic carbocycles. The van der Waals surface area contributed by atoms with Crippen molar-refractivity contribution in [2.75, 3.05) is 45.8 Å². The minimum Gasteiger partial charge on any atom is -0.497 e. The zero-order valence-corrected chi connectivity index (χ0v) is 24.8. The lowest BCUT2D eigenvalue weighted by Crippen LogP contribution is -2.63. The fraction of sp³-hybridized carbons (Fsp3) is 0.588. The lowest BCUT2D eigenvalue weighted by molar-refractivity contribution is -0.177. The van der Waals surface area contributed by atoms with Crippen LogP contribution in [0.1, 0.15) is 62.0 Å². The Hall–Kier alpha value is -2.94. The van der Waals surface area contributed by atoms with Gasteiger partial charge in [0.05, 0.1) is 45.1 Å². The van der Waals surface area contributed by atoms with E-state index in [-0.39, 0.29) is 17.9 Å². The first kappa shape index (κ1) is 27.9. The highest BCUT2D eigenvalue weighted by atomic mass is 16.6. The van der Waals surface area contributed by atoms with Crippen LogP contribution in [-0.4, -0.2) is 74.6 Å². The number of esters is 1. The number of hydrogen-bond donors (Lipinski definition) is 1. The first-order valence-electron chi connectivity index (χ1n) is 15.8. The van der Waals surface area contributed by atoms with Crippen LogP contribution < -0.4 is 10.1 Å². The Morgan fingerprint density at radius 2 is 1.71 bits per heavy atom. The summed E-state index contributed by atoms with van der Waals surface area (Å²) in [6.45, 7) is 2.52. The molecule has 7 rings (SSSR count). The highest BCUT2D eigenvalue weighted by Crippen LogP contribution is 2.65. The Morgan fingerprint density at radius 3 is 2.43 bits per heavy atom. The van der Waals surface area contributed by atoms with Crippen molar-refractivity contribution in [1.82, 2.24) is 4.90 Å². The van der Waals surface area contributed by atoms with E-state index in [1.807, 2.05) is 12.1 Å². The molecule has 2 aromatic rings. The van der Waals surface area contributed by atoms with Gasteiger partial charge in [-0.15, -0.1) is 0 Å². The van der Waals surface area contributed by atoms with Crippen LogP contribution in [0.15, 0.2) is 53.5 Å². The van der Waals surface area contributed by atoms with Gasteiger partial charge in [0.1, 0.15) is 11.7 Å². The largest absolute Gasteiger partial charge is 0.497 e. The fourth-order valence-electron chi connectivity index (χ4n) is 8.50. The van der Waals surface area contributed by atoms with Gasteiger partial charge >= 0.3 is 5.97 Å². The van der Waals surface area contributed by atoms with Crippen LogP contribution in [0.3, 0.4) is 0 Å². The first-order chi connectivity index (χ1) is 20.6. The summed E-state index contributed by atoms with van der Waals surface area (Å²) >= 11 is 0. The SMILES string of the molecule is COC(=O)[C@@H]1[C@H]2c3ccccc3N[C@@H](C3CCCCCCC3)[C@]23N=C(Cc2ccc(OC)cc2)[C@@]1(N1CCOCC1)O3. The molecule has 3 fully saturated rings. The normalized spacial score (nSPS) is 33.0. The van der Waals surface area contributed by atoms with Crippen LogP contribution in [0.2, 0.25) is 0 Å². The average Bonchev–Trinajstić information content (AvgIpc) is 3.51. The maximum absolute atomic E-state index is 14.1. The van der Waals surface area contributed by atoms with Crippen LogP contribution in [0.25, 0.3) is 0 Å². The molecule has 1 saturated carbocycles. The van der Waals surface area contributed by atoms with Gasteiger partial charge in [-0.25, -0.2) is 0 Å². The predicted octanol–water partition coefficient (Wildman–Crippen LogP) is 5.17. The van der Waals surface area contributed by atoms with Gasteiger partial charge in [-0.05, 0) is 48.1 Å². The Kier molecular flexibility index (Phi) is 7.49. The first-order valence-corrected chi connectivity index (χ1v) is 15.8. The summed E-state index contributed by atoms with van der Waals surface area (Å²) in [5, 5.41) is 3.96. The number of hydrogen-bond acceptors (Lipinski definition) is 8. The van der Waals surface area contributed by atoms with Gasteiger partial charge in [-0.3, -0.25) is 14.7 Å². The van der Waals surface area contributed by atoms with E-state index in [4.69, 9.17) is 23.9 Å². The highest BCUT2D eigenvalue weighted by molar-refractivity contribution is 6.02. The maximum atomic E-state index is 14.1. The average molecular weight is 574 g/mol. The number of benzene rings is 2. The third-order valence-electron chi connectivity index (χ3n) is 10.4. The Labute approximate surface area is 248 Å². The smallest absolute Gasteiger partial charge is 0.314 e. The molecular weight excluding hydrogens is 530 g/mol. The molecule has 8 nitrogen and oxygen atoms in total. The van der Waals surface area contributed by atoms with Gasteiger partial charge in [0.15, 0.2) is 11.4 Å². The zero-order valence-electron chi connectivity index (χ0n) is 24.8. The summed E-state index contributed by atoms with van der Waals surface area (Å²) in [4.78, 5) is 22.1. The number of carbonyl (C=O) groups excluding carboxylic acids is 1. The molecular formula is C34H43N3O5. The van der Waals surface area contributed by atoms with Crippen molar-refractivity contribution in [3.8, 4) is 5.75 Å². The summed E-state index contributed by atoms with van der Waals surface area (Å²) in [5.74, 6) is 0.176. The van der Waals surface area contributed by atoms with Crippen molar-refractivity contribution in [1.29, 1.82) is 0 Å². The number of aliphatic imine (C=N–C) groups is 1. The van der Waals surface area contributed by atoms with Crippen LogP contribution in [-0.2, 0) is 25.4 Å². The Bertz CT molecular complexity index is 1320. The number of morpholine rings is 1. The number of methoxy groups -OCH3 is 2. The second-order valence-corrected chi connectivity index (χ2v) is 12.5. The second-order valence-electron chi connectivity index (χ2n) is 12.5. The minimum absolute atomic E-state index is 0.0426. The standard InChI is InChI=1S/C34H43N3O5/c1-39-25-16-14-23(15-17-25)22-28-34(37-18-20-41-21-19-37)30(32(38)40-2)29-26-12-8-9-13-27(26)35-31(33(29,36-28)42-34)24-10-6-4-3-5-7-11-24/h8-9,12-17,24,29-31,35H,3-7,10-11,18-22H2,1-2H3/t29-,30+,31+,33+,34-/m1/s1. The number of carbonyl (C=O) groups is 1. The third-order valence-corrected chi connectivity index (χ3v) is 10.4. The van der Waals surface area contributed by atoms with E-state index in [0.717, 1.165) is 41.1 Å². The van der Waals surface area contributed by atoms with Gasteiger partial charge in [0, 0.05) is 25.2 Å². The predicted molar refractivity (Wildman–Crippen MR) is 161 cm³/mol. The Morgan fingerprint density at radius 1 is 1.00 bits per heavy atom. The van der Waals surface area contributed by atoms with E-state index >= 15 is 0 Å². The number of rotatable bonds is 6. The van der Waals surface area contributed by atoms with Crippen molar-refractivity contribution in [2.24, 2.45) is 16.8 Å². The molecule has 1 N–H and O–H groups in total. The van der Waals surface area contributed by atoms with E-state index in [1.54, 1.807) is 7.11 Å². The number of fused-ring (bicyclic) bond motifs is 3. The zero-order chi connectivity index (χ0) is 28.7. The van der Waals surface area contributed by atoms with Crippen LogP contribution in [0.4, 0.5) is 5.69 Å². The molecule has 4 aliphatic heterocycles. The number of ether oxygens (including phenoxy) is 4. The number of anilines is 1. The van der Waals surface area contributed by atoms with Crippen LogP contribution in [0.5, 0.6) is 5.75 Å². The lowest BCUT2D eigenvalue weighted by atomic mass is 9.65. The Balaban J connectivity index is 1.41. The summed E-state index contributed by atoms with van der Waals surface area (Å²) in [7, 11) is 3.19. The summed E-state index contributed by atoms with van der Waals surface area (Å²) in [6.07, 6.45) is 9.13.